The van der Waals surface area contributed by atoms with E-state index in [1.165, 1.54) is 8.97 Å². The zero-order valence-corrected chi connectivity index (χ0v) is 15.0. The molecule has 0 saturated carbocycles. The topological polar surface area (TPSA) is 48.4 Å². The molecular formula is C18H18BrFN2O2. The van der Waals surface area contributed by atoms with Gasteiger partial charge in [0.2, 0.25) is 5.69 Å². The Morgan fingerprint density at radius 3 is 2.62 bits per heavy atom. The molecule has 6 heteroatoms. The fraction of sp³-hybridized carbons (Fsp3) is 0.333. The highest BCUT2D eigenvalue weighted by atomic mass is 79.9. The standard InChI is InChI=1S/C18H18BrFN2O2/c1-2-3-4-7-10-21-17-13-9-6-5-8-12(13)14(19)11-22(17)15(16(20)23)18(21)24/h5-6,8-9,11H,2-4,7,10H2,1H3. The second kappa shape index (κ2) is 6.89. The van der Waals surface area contributed by atoms with Crippen molar-refractivity contribution in [3.8, 4) is 5.88 Å². The van der Waals surface area contributed by atoms with E-state index in [9.17, 15) is 14.3 Å². The Balaban J connectivity index is 2.27. The Morgan fingerprint density at radius 2 is 1.96 bits per heavy atom. The third-order valence-electron chi connectivity index (χ3n) is 4.26. The fourth-order valence-electron chi connectivity index (χ4n) is 3.12. The van der Waals surface area contributed by atoms with Gasteiger partial charge in [-0.2, -0.15) is 8.79 Å². The number of carbonyl (C=O) groups excluding carboxylic acids is 1. The molecule has 0 unspecified atom stereocenters. The van der Waals surface area contributed by atoms with Crippen molar-refractivity contribution >= 4 is 38.4 Å². The van der Waals surface area contributed by atoms with Crippen LogP contribution in [0.4, 0.5) is 4.39 Å². The normalized spacial score (nSPS) is 11.5. The summed E-state index contributed by atoms with van der Waals surface area (Å²) in [5.74, 6) is -0.567. The molecule has 0 aliphatic rings. The lowest BCUT2D eigenvalue weighted by Crippen LogP contribution is -2.36. The quantitative estimate of drug-likeness (QED) is 0.362. The number of hydrogen-bond donors (Lipinski definition) is 0. The molecule has 0 N–H and O–H groups in total. The highest BCUT2D eigenvalue weighted by Crippen LogP contribution is 2.29. The van der Waals surface area contributed by atoms with Crippen molar-refractivity contribution in [3.05, 3.63) is 40.6 Å². The van der Waals surface area contributed by atoms with E-state index in [1.807, 2.05) is 24.3 Å². The largest absolute Gasteiger partial charge is 0.839 e. The monoisotopic (exact) mass is 392 g/mol. The van der Waals surface area contributed by atoms with E-state index in [2.05, 4.69) is 22.9 Å². The number of imidazole rings is 1. The van der Waals surface area contributed by atoms with Crippen molar-refractivity contribution in [2.24, 2.45) is 0 Å². The molecule has 126 valence electrons. The van der Waals surface area contributed by atoms with Gasteiger partial charge in [-0.3, -0.25) is 4.79 Å². The van der Waals surface area contributed by atoms with Crippen LogP contribution in [0.15, 0.2) is 34.9 Å². The number of unbranched alkanes of at least 4 members (excludes halogenated alkanes) is 3. The molecule has 2 aromatic heterocycles. The highest BCUT2D eigenvalue weighted by molar-refractivity contribution is 9.10. The number of aromatic nitrogens is 2. The van der Waals surface area contributed by atoms with Gasteiger partial charge < -0.3 is 5.11 Å². The number of rotatable bonds is 6. The summed E-state index contributed by atoms with van der Waals surface area (Å²) >= 11 is 3.44. The first-order chi connectivity index (χ1) is 11.6. The Labute approximate surface area is 147 Å². The number of benzene rings is 1. The van der Waals surface area contributed by atoms with Crippen LogP contribution in [0.1, 0.15) is 43.1 Å². The molecule has 3 aromatic rings. The van der Waals surface area contributed by atoms with Crippen LogP contribution in [0, 0.1) is 0 Å². The van der Waals surface area contributed by atoms with Crippen LogP contribution in [0.25, 0.3) is 16.4 Å². The van der Waals surface area contributed by atoms with E-state index >= 15 is 0 Å². The fourth-order valence-corrected chi connectivity index (χ4v) is 3.67. The SMILES string of the molecule is CCCCCC[n+]1c([O-])c(C(=O)F)n2cc(Br)c3ccccc3c21. The van der Waals surface area contributed by atoms with E-state index in [1.54, 1.807) is 6.20 Å². The summed E-state index contributed by atoms with van der Waals surface area (Å²) in [5, 5.41) is 14.3. The van der Waals surface area contributed by atoms with Crippen LogP contribution in [0.5, 0.6) is 5.88 Å². The zero-order chi connectivity index (χ0) is 17.3. The molecule has 0 fully saturated rings. The molecule has 2 heterocycles. The molecule has 0 atom stereocenters. The van der Waals surface area contributed by atoms with Gasteiger partial charge in [0.15, 0.2) is 0 Å². The van der Waals surface area contributed by atoms with E-state index in [4.69, 9.17) is 0 Å². The minimum absolute atomic E-state index is 0.438. The minimum atomic E-state index is -1.70. The lowest BCUT2D eigenvalue weighted by molar-refractivity contribution is -0.711. The maximum Gasteiger partial charge on any atom is 0.374 e. The summed E-state index contributed by atoms with van der Waals surface area (Å²) in [6.07, 6.45) is 5.58. The summed E-state index contributed by atoms with van der Waals surface area (Å²) < 4.78 is 17.1. The number of hydrogen-bond acceptors (Lipinski definition) is 2. The lowest BCUT2D eigenvalue weighted by atomic mass is 10.1. The molecule has 0 bridgehead atoms. The maximum absolute atomic E-state index is 13.5. The van der Waals surface area contributed by atoms with E-state index < -0.39 is 17.6 Å². The molecule has 0 amide bonds. The van der Waals surface area contributed by atoms with Crippen LogP contribution in [-0.4, -0.2) is 10.4 Å². The summed E-state index contributed by atoms with van der Waals surface area (Å²) in [4.78, 5) is 11.4. The molecule has 0 saturated heterocycles. The van der Waals surface area contributed by atoms with Crippen molar-refractivity contribution in [2.45, 2.75) is 39.2 Å². The average molecular weight is 393 g/mol. The van der Waals surface area contributed by atoms with Crippen molar-refractivity contribution in [1.82, 2.24) is 4.40 Å². The third kappa shape index (κ3) is 2.79. The molecule has 3 rings (SSSR count). The molecule has 0 aliphatic heterocycles. The molecule has 0 radical (unpaired) electrons. The summed E-state index contributed by atoms with van der Waals surface area (Å²) in [7, 11) is 0. The molecule has 0 spiro atoms. The molecule has 1 aromatic carbocycles. The van der Waals surface area contributed by atoms with E-state index in [0.717, 1.165) is 36.5 Å². The Morgan fingerprint density at radius 1 is 1.25 bits per heavy atom. The predicted octanol–water partition coefficient (Wildman–Crippen LogP) is 3.91. The van der Waals surface area contributed by atoms with Crippen LogP contribution < -0.4 is 9.67 Å². The van der Waals surface area contributed by atoms with Gasteiger partial charge in [0.1, 0.15) is 12.1 Å². The van der Waals surface area contributed by atoms with Crippen LogP contribution >= 0.6 is 15.9 Å². The second-order valence-corrected chi connectivity index (χ2v) is 6.71. The maximum atomic E-state index is 13.5. The number of aryl methyl sites for hydroxylation is 1. The number of fused-ring (bicyclic) bond motifs is 3. The predicted molar refractivity (Wildman–Crippen MR) is 91.8 cm³/mol. The van der Waals surface area contributed by atoms with Crippen molar-refractivity contribution in [3.63, 3.8) is 0 Å². The number of pyridine rings is 1. The van der Waals surface area contributed by atoms with Crippen LogP contribution in [0.2, 0.25) is 0 Å². The van der Waals surface area contributed by atoms with Gasteiger partial charge in [-0.25, -0.2) is 4.57 Å². The minimum Gasteiger partial charge on any atom is -0.839 e. The number of nitrogens with zero attached hydrogens (tertiary/aromatic N) is 2. The average Bonchev–Trinajstić information content (AvgIpc) is 2.84. The van der Waals surface area contributed by atoms with Gasteiger partial charge in [-0.05, 0) is 34.8 Å². The van der Waals surface area contributed by atoms with E-state index in [-0.39, 0.29) is 0 Å². The van der Waals surface area contributed by atoms with Crippen LogP contribution in [-0.2, 0) is 6.54 Å². The smallest absolute Gasteiger partial charge is 0.374 e. The molecule has 24 heavy (non-hydrogen) atoms. The van der Waals surface area contributed by atoms with Crippen molar-refractivity contribution in [1.29, 1.82) is 0 Å². The van der Waals surface area contributed by atoms with Gasteiger partial charge in [0.25, 0.3) is 5.65 Å². The lowest BCUT2D eigenvalue weighted by Gasteiger charge is -2.06. The molecular weight excluding hydrogens is 375 g/mol. The number of halogens is 2. The highest BCUT2D eigenvalue weighted by Gasteiger charge is 2.27. The Kier molecular flexibility index (Phi) is 4.85. The van der Waals surface area contributed by atoms with Gasteiger partial charge in [-0.15, -0.1) is 0 Å². The Bertz CT molecular complexity index is 920. The number of carbonyl (C=O) groups is 1. The van der Waals surface area contributed by atoms with Gasteiger partial charge in [0.05, 0.1) is 16.4 Å². The van der Waals surface area contributed by atoms with Gasteiger partial charge in [-0.1, -0.05) is 38.0 Å². The Hall–Kier alpha value is -1.95. The van der Waals surface area contributed by atoms with Gasteiger partial charge >= 0.3 is 6.04 Å². The van der Waals surface area contributed by atoms with Crippen LogP contribution in [0.3, 0.4) is 0 Å². The zero-order valence-electron chi connectivity index (χ0n) is 13.4. The van der Waals surface area contributed by atoms with Crippen molar-refractivity contribution < 1.29 is 18.9 Å². The summed E-state index contributed by atoms with van der Waals surface area (Å²) in [6, 6.07) is 5.87. The first kappa shape index (κ1) is 16.9. The first-order valence-electron chi connectivity index (χ1n) is 8.08. The van der Waals surface area contributed by atoms with Crippen molar-refractivity contribution in [2.75, 3.05) is 0 Å². The first-order valence-corrected chi connectivity index (χ1v) is 8.87. The van der Waals surface area contributed by atoms with E-state index in [0.29, 0.717) is 16.7 Å². The molecule has 4 nitrogen and oxygen atoms in total. The third-order valence-corrected chi connectivity index (χ3v) is 4.89. The summed E-state index contributed by atoms with van der Waals surface area (Å²) in [6.45, 7) is 2.59. The summed E-state index contributed by atoms with van der Waals surface area (Å²) in [5.41, 5.74) is 0.128. The molecule has 0 aliphatic carbocycles. The van der Waals surface area contributed by atoms with Gasteiger partial charge in [0, 0.05) is 5.39 Å². The second-order valence-electron chi connectivity index (χ2n) is 5.86.